The highest BCUT2D eigenvalue weighted by Gasteiger charge is 2.16. The molecule has 0 unspecified atom stereocenters. The van der Waals surface area contributed by atoms with Gasteiger partial charge in [0.25, 0.3) is 0 Å². The summed E-state index contributed by atoms with van der Waals surface area (Å²) in [5, 5.41) is 22.1. The molecule has 6 nitrogen and oxygen atoms in total. The summed E-state index contributed by atoms with van der Waals surface area (Å²) < 4.78 is 1.53. The lowest BCUT2D eigenvalue weighted by molar-refractivity contribution is 0.0690. The lowest BCUT2D eigenvalue weighted by Crippen LogP contribution is -2.02. The van der Waals surface area contributed by atoms with E-state index < -0.39 is 5.97 Å². The van der Waals surface area contributed by atoms with Crippen LogP contribution in [0.3, 0.4) is 0 Å². The Labute approximate surface area is 125 Å². The van der Waals surface area contributed by atoms with E-state index in [1.807, 2.05) is 36.4 Å². The van der Waals surface area contributed by atoms with Gasteiger partial charge in [-0.3, -0.25) is 4.98 Å². The first kappa shape index (κ1) is 13.5. The zero-order valence-electron chi connectivity index (χ0n) is 11.3. The third-order valence-electron chi connectivity index (χ3n) is 3.08. The van der Waals surface area contributed by atoms with Crippen LogP contribution in [0.15, 0.2) is 54.7 Å². The average Bonchev–Trinajstić information content (AvgIpc) is 3.01. The van der Waals surface area contributed by atoms with Gasteiger partial charge in [0, 0.05) is 12.3 Å². The van der Waals surface area contributed by atoms with Gasteiger partial charge in [-0.25, -0.2) is 9.48 Å². The molecule has 0 aliphatic carbocycles. The van der Waals surface area contributed by atoms with Crippen LogP contribution in [0.5, 0.6) is 0 Å². The van der Waals surface area contributed by atoms with Crippen molar-refractivity contribution in [3.05, 3.63) is 66.0 Å². The summed E-state index contributed by atoms with van der Waals surface area (Å²) in [6, 6.07) is 16.0. The van der Waals surface area contributed by atoms with Crippen molar-refractivity contribution in [1.82, 2.24) is 14.8 Å². The molecule has 1 N–H and O–H groups in total. The van der Waals surface area contributed by atoms with Gasteiger partial charge in [-0.1, -0.05) is 18.2 Å². The van der Waals surface area contributed by atoms with Crippen molar-refractivity contribution in [2.75, 3.05) is 0 Å². The van der Waals surface area contributed by atoms with Crippen molar-refractivity contribution < 1.29 is 9.90 Å². The number of benzene rings is 1. The van der Waals surface area contributed by atoms with Gasteiger partial charge in [0.15, 0.2) is 5.69 Å². The summed E-state index contributed by atoms with van der Waals surface area (Å²) in [6.45, 7) is 0. The van der Waals surface area contributed by atoms with Crippen LogP contribution >= 0.6 is 0 Å². The van der Waals surface area contributed by atoms with E-state index in [2.05, 4.69) is 10.1 Å². The second-order valence-corrected chi connectivity index (χ2v) is 4.51. The van der Waals surface area contributed by atoms with Crippen LogP contribution in [0.2, 0.25) is 0 Å². The van der Waals surface area contributed by atoms with Gasteiger partial charge in [-0.05, 0) is 24.3 Å². The fraction of sp³-hybridized carbons (Fsp3) is 0. The molecule has 0 bridgehead atoms. The Bertz CT molecular complexity index is 861. The maximum Gasteiger partial charge on any atom is 0.356 e. The third-order valence-corrected chi connectivity index (χ3v) is 3.08. The first-order valence-corrected chi connectivity index (χ1v) is 6.44. The number of carbonyl (C=O) groups is 1. The Morgan fingerprint density at radius 2 is 1.95 bits per heavy atom. The van der Waals surface area contributed by atoms with Crippen molar-refractivity contribution in [3.63, 3.8) is 0 Å². The Balaban J connectivity index is 2.17. The van der Waals surface area contributed by atoms with Crippen molar-refractivity contribution in [2.45, 2.75) is 0 Å². The fourth-order valence-electron chi connectivity index (χ4n) is 2.05. The zero-order valence-corrected chi connectivity index (χ0v) is 11.3. The highest BCUT2D eigenvalue weighted by atomic mass is 16.4. The Morgan fingerprint density at radius 1 is 1.18 bits per heavy atom. The molecule has 1 aromatic carbocycles. The quantitative estimate of drug-likeness (QED) is 0.800. The molecule has 0 fully saturated rings. The smallest absolute Gasteiger partial charge is 0.356 e. The van der Waals surface area contributed by atoms with Crippen LogP contribution in [0.1, 0.15) is 16.1 Å². The minimum Gasteiger partial charge on any atom is -0.476 e. The molecule has 0 spiro atoms. The monoisotopic (exact) mass is 290 g/mol. The molecular weight excluding hydrogens is 280 g/mol. The topological polar surface area (TPSA) is 91.8 Å². The summed E-state index contributed by atoms with van der Waals surface area (Å²) in [5.74, 6) is -1.11. The van der Waals surface area contributed by atoms with E-state index in [0.717, 1.165) is 5.69 Å². The highest BCUT2D eigenvalue weighted by Crippen LogP contribution is 2.22. The molecule has 0 aliphatic heterocycles. The molecule has 3 aromatic rings. The second-order valence-electron chi connectivity index (χ2n) is 4.51. The highest BCUT2D eigenvalue weighted by molar-refractivity contribution is 5.87. The second kappa shape index (κ2) is 5.50. The van der Waals surface area contributed by atoms with E-state index in [4.69, 9.17) is 10.4 Å². The summed E-state index contributed by atoms with van der Waals surface area (Å²) in [4.78, 5) is 15.4. The number of para-hydroxylation sites is 1. The summed E-state index contributed by atoms with van der Waals surface area (Å²) in [7, 11) is 0. The number of aromatic carboxylic acids is 1. The number of carboxylic acids is 1. The van der Waals surface area contributed by atoms with Crippen molar-refractivity contribution >= 4 is 5.97 Å². The van der Waals surface area contributed by atoms with Gasteiger partial charge in [0.2, 0.25) is 0 Å². The zero-order chi connectivity index (χ0) is 15.5. The molecule has 106 valence electrons. The summed E-state index contributed by atoms with van der Waals surface area (Å²) >= 11 is 0. The Morgan fingerprint density at radius 3 is 2.55 bits per heavy atom. The Hall–Kier alpha value is -3.46. The fourth-order valence-corrected chi connectivity index (χ4v) is 2.05. The summed E-state index contributed by atoms with van der Waals surface area (Å²) in [5.41, 5.74) is 2.20. The number of nitrogens with zero attached hydrogens (tertiary/aromatic N) is 4. The normalized spacial score (nSPS) is 10.1. The number of aromatic nitrogens is 3. The van der Waals surface area contributed by atoms with E-state index in [-0.39, 0.29) is 5.69 Å². The van der Waals surface area contributed by atoms with Gasteiger partial charge in [-0.15, -0.1) is 0 Å². The van der Waals surface area contributed by atoms with Gasteiger partial charge in [0.1, 0.15) is 6.07 Å². The molecule has 0 aliphatic rings. The van der Waals surface area contributed by atoms with Gasteiger partial charge >= 0.3 is 5.97 Å². The van der Waals surface area contributed by atoms with Crippen molar-refractivity contribution in [1.29, 1.82) is 5.26 Å². The third kappa shape index (κ3) is 2.43. The molecular formula is C16H10N4O2. The van der Waals surface area contributed by atoms with Crippen LogP contribution in [-0.2, 0) is 0 Å². The molecule has 6 heteroatoms. The number of pyridine rings is 1. The molecule has 2 aromatic heterocycles. The van der Waals surface area contributed by atoms with Gasteiger partial charge in [0.05, 0.1) is 22.6 Å². The van der Waals surface area contributed by atoms with Crippen LogP contribution in [0, 0.1) is 11.3 Å². The van der Waals surface area contributed by atoms with Crippen LogP contribution < -0.4 is 0 Å². The average molecular weight is 290 g/mol. The summed E-state index contributed by atoms with van der Waals surface area (Å²) in [6.07, 6.45) is 1.44. The minimum absolute atomic E-state index is 0.0648. The first-order chi connectivity index (χ1) is 10.7. The van der Waals surface area contributed by atoms with E-state index in [1.165, 1.54) is 16.9 Å². The number of nitriles is 1. The van der Waals surface area contributed by atoms with Crippen LogP contribution in [0.4, 0.5) is 0 Å². The van der Waals surface area contributed by atoms with Crippen molar-refractivity contribution in [3.8, 4) is 23.1 Å². The number of hydrogen-bond donors (Lipinski definition) is 1. The molecule has 0 saturated carbocycles. The minimum atomic E-state index is -1.11. The lowest BCUT2D eigenvalue weighted by atomic mass is 10.2. The predicted molar refractivity (Wildman–Crippen MR) is 78.5 cm³/mol. The molecule has 22 heavy (non-hydrogen) atoms. The molecule has 2 heterocycles. The largest absolute Gasteiger partial charge is 0.476 e. The van der Waals surface area contributed by atoms with Crippen LogP contribution in [-0.4, -0.2) is 25.8 Å². The molecule has 0 radical (unpaired) electrons. The first-order valence-electron chi connectivity index (χ1n) is 6.44. The molecule has 0 amide bonds. The number of hydrogen-bond acceptors (Lipinski definition) is 4. The van der Waals surface area contributed by atoms with Crippen LogP contribution in [0.25, 0.3) is 17.1 Å². The predicted octanol–water partition coefficient (Wildman–Crippen LogP) is 2.50. The Kier molecular flexibility index (Phi) is 3.38. The van der Waals surface area contributed by atoms with E-state index in [9.17, 15) is 4.79 Å². The number of rotatable bonds is 3. The standard InChI is InChI=1S/C16H10N4O2/c17-9-11-6-7-13(18-10-11)15-8-14(16(21)22)19-20(15)12-4-2-1-3-5-12/h1-8,10H,(H,21,22). The SMILES string of the molecule is N#Cc1ccc(-c2cc(C(=O)O)nn2-c2ccccc2)nc1. The van der Waals surface area contributed by atoms with Gasteiger partial charge < -0.3 is 5.11 Å². The van der Waals surface area contributed by atoms with E-state index in [0.29, 0.717) is 17.0 Å². The van der Waals surface area contributed by atoms with E-state index in [1.54, 1.807) is 12.1 Å². The lowest BCUT2D eigenvalue weighted by Gasteiger charge is -2.06. The maximum atomic E-state index is 11.2. The van der Waals surface area contributed by atoms with Gasteiger partial charge in [-0.2, -0.15) is 10.4 Å². The van der Waals surface area contributed by atoms with Crippen molar-refractivity contribution in [2.24, 2.45) is 0 Å². The van der Waals surface area contributed by atoms with E-state index >= 15 is 0 Å². The number of carboxylic acid groups (broad SMARTS) is 1. The molecule has 3 rings (SSSR count). The molecule has 0 atom stereocenters. The maximum absolute atomic E-state index is 11.2. The molecule has 0 saturated heterocycles.